The summed E-state index contributed by atoms with van der Waals surface area (Å²) in [7, 11) is 0. The number of nitrogens with one attached hydrogen (secondary N) is 1. The Morgan fingerprint density at radius 2 is 3.00 bits per heavy atom. The fourth-order valence-corrected chi connectivity index (χ4v) is 0.681. The van der Waals surface area contributed by atoms with Crippen molar-refractivity contribution in [3.63, 3.8) is 0 Å². The quantitative estimate of drug-likeness (QED) is 0.553. The lowest BCUT2D eigenvalue weighted by Crippen LogP contribution is -2.24. The molecule has 1 rings (SSSR count). The molecule has 0 aliphatic carbocycles. The number of imidazole rings is 1. The zero-order valence-electron chi connectivity index (χ0n) is 6.37. The van der Waals surface area contributed by atoms with Crippen LogP contribution < -0.4 is 5.73 Å². The summed E-state index contributed by atoms with van der Waals surface area (Å²) < 4.78 is 6.75. The van der Waals surface area contributed by atoms with Gasteiger partial charge >= 0.3 is 0 Å². The molecule has 0 bridgehead atoms. The molecule has 54 valence electrons. The maximum Gasteiger partial charge on any atom is 0.137 e. The molecule has 1 heterocycles. The summed E-state index contributed by atoms with van der Waals surface area (Å²) in [6.07, 6.45) is 4.36. The van der Waals surface area contributed by atoms with E-state index >= 15 is 0 Å². The molecule has 0 aliphatic heterocycles. The van der Waals surface area contributed by atoms with Gasteiger partial charge in [0.15, 0.2) is 0 Å². The highest BCUT2D eigenvalue weighted by molar-refractivity contribution is 5.57. The second-order valence-electron chi connectivity index (χ2n) is 2.02. The average molecular weight is 140 g/mol. The van der Waals surface area contributed by atoms with Crippen LogP contribution >= 0.6 is 0 Å². The molecule has 1 aromatic rings. The minimum Gasteiger partial charge on any atom is -0.348 e. The lowest BCUT2D eigenvalue weighted by atomic mass is 10.2. The largest absolute Gasteiger partial charge is 0.348 e. The molecule has 0 spiro atoms. The van der Waals surface area contributed by atoms with Crippen LogP contribution in [0.25, 0.3) is 0 Å². The summed E-state index contributed by atoms with van der Waals surface area (Å²) in [5, 5.41) is 0. The Balaban J connectivity index is 2.47. The first kappa shape index (κ1) is 5.61. The van der Waals surface area contributed by atoms with Gasteiger partial charge in [0.25, 0.3) is 0 Å². The highest BCUT2D eigenvalue weighted by Gasteiger charge is 2.01. The van der Waals surface area contributed by atoms with Gasteiger partial charge in [-0.3, -0.25) is 0 Å². The van der Waals surface area contributed by atoms with E-state index in [1.165, 1.54) is 0 Å². The fourth-order valence-electron chi connectivity index (χ4n) is 0.681. The summed E-state index contributed by atoms with van der Waals surface area (Å²) >= 11 is 0. The molecule has 1 atom stereocenters. The molecule has 10 heavy (non-hydrogen) atoms. The maximum atomic E-state index is 10.2. The van der Waals surface area contributed by atoms with E-state index in [-0.39, 0.29) is 0 Å². The number of carbonyl (C=O) groups is 1. The van der Waals surface area contributed by atoms with E-state index in [2.05, 4.69) is 15.7 Å². The molecule has 0 aliphatic rings. The number of aldehydes is 1. The van der Waals surface area contributed by atoms with Crippen molar-refractivity contribution in [3.05, 3.63) is 18.2 Å². The van der Waals surface area contributed by atoms with Gasteiger partial charge in [0.05, 0.1) is 12.4 Å². The molecule has 0 saturated heterocycles. The highest BCUT2D eigenvalue weighted by atomic mass is 16.1. The molecule has 0 saturated carbocycles. The molecule has 0 fully saturated rings. The van der Waals surface area contributed by atoms with Gasteiger partial charge in [0, 0.05) is 18.3 Å². The maximum absolute atomic E-state index is 10.2. The number of hydrogen-bond acceptors (Lipinski definition) is 3. The van der Waals surface area contributed by atoms with E-state index in [0.29, 0.717) is 12.7 Å². The zero-order valence-corrected chi connectivity index (χ0v) is 5.37. The number of H-pyrrole nitrogens is 1. The molecular weight excluding hydrogens is 130 g/mol. The lowest BCUT2D eigenvalue weighted by molar-refractivity contribution is -0.108. The van der Waals surface area contributed by atoms with Crippen molar-refractivity contribution < 1.29 is 6.21 Å². The summed E-state index contributed by atoms with van der Waals surface area (Å²) in [5.41, 5.74) is 2.97. The first-order valence-corrected chi connectivity index (χ1v) is 2.96. The Morgan fingerprint density at radius 1 is 2.10 bits per heavy atom. The number of nitrogens with two attached hydrogens (primary N) is 1. The second kappa shape index (κ2) is 3.12. The predicted octanol–water partition coefficient (Wildman–Crippen LogP) is -0.522. The van der Waals surface area contributed by atoms with Gasteiger partial charge in [-0.05, 0) is 0 Å². The predicted molar refractivity (Wildman–Crippen MR) is 36.3 cm³/mol. The van der Waals surface area contributed by atoms with Crippen LogP contribution in [0.3, 0.4) is 0 Å². The molecule has 0 aromatic carbocycles. The zero-order chi connectivity index (χ0) is 8.10. The van der Waals surface area contributed by atoms with E-state index in [1.807, 2.05) is 0 Å². The van der Waals surface area contributed by atoms with Crippen LogP contribution in [-0.4, -0.2) is 22.3 Å². The van der Waals surface area contributed by atoms with Crippen molar-refractivity contribution in [2.75, 3.05) is 0 Å². The van der Waals surface area contributed by atoms with E-state index in [4.69, 9.17) is 1.41 Å². The van der Waals surface area contributed by atoms with Crippen LogP contribution in [0.4, 0.5) is 0 Å². The first-order valence-electron chi connectivity index (χ1n) is 3.46. The van der Waals surface area contributed by atoms with E-state index in [1.54, 1.807) is 12.5 Å². The molecule has 4 heteroatoms. The topological polar surface area (TPSA) is 71.8 Å². The van der Waals surface area contributed by atoms with Crippen LogP contribution in [0, 0.1) is 0 Å². The van der Waals surface area contributed by atoms with Crippen LogP contribution in [0.5, 0.6) is 0 Å². The molecule has 0 amide bonds. The minimum absolute atomic E-state index is 0.449. The number of nitrogens with zero attached hydrogens (tertiary/aromatic N) is 1. The van der Waals surface area contributed by atoms with Crippen LogP contribution in [-0.2, 0) is 11.2 Å². The monoisotopic (exact) mass is 140 g/mol. The number of rotatable bonds is 4. The molecular formula is C6H9N3O. The smallest absolute Gasteiger partial charge is 0.137 e. The van der Waals surface area contributed by atoms with Crippen molar-refractivity contribution in [2.24, 2.45) is 5.73 Å². The van der Waals surface area contributed by atoms with Crippen molar-refractivity contribution in [1.29, 1.82) is 0 Å². The van der Waals surface area contributed by atoms with Crippen LogP contribution in [0.15, 0.2) is 12.5 Å². The third-order valence-corrected chi connectivity index (χ3v) is 1.16. The molecule has 0 unspecified atom stereocenters. The van der Waals surface area contributed by atoms with Gasteiger partial charge in [-0.2, -0.15) is 0 Å². The Labute approximate surface area is 59.9 Å². The number of aromatic amines is 1. The van der Waals surface area contributed by atoms with E-state index in [0.717, 1.165) is 5.69 Å². The first-order chi connectivity index (χ1) is 5.36. The third kappa shape index (κ3) is 1.66. The van der Waals surface area contributed by atoms with Gasteiger partial charge in [-0.1, -0.05) is 0 Å². The van der Waals surface area contributed by atoms with Gasteiger partial charge in [-0.15, -0.1) is 0 Å². The Bertz CT molecular complexity index is 212. The highest BCUT2D eigenvalue weighted by Crippen LogP contribution is 1.93. The molecule has 3 N–H and O–H groups in total. The summed E-state index contributed by atoms with van der Waals surface area (Å²) in [6, 6.07) is -0.449. The van der Waals surface area contributed by atoms with E-state index < -0.39 is 6.04 Å². The molecule has 4 nitrogen and oxygen atoms in total. The Morgan fingerprint density at radius 3 is 3.50 bits per heavy atom. The fraction of sp³-hybridized carbons (Fsp3) is 0.333. The van der Waals surface area contributed by atoms with Crippen molar-refractivity contribution in [1.82, 2.24) is 9.97 Å². The normalized spacial score (nSPS) is 14.2. The number of aromatic nitrogens is 2. The van der Waals surface area contributed by atoms with Crippen molar-refractivity contribution >= 4 is 6.29 Å². The van der Waals surface area contributed by atoms with Crippen molar-refractivity contribution in [2.45, 2.75) is 12.5 Å². The van der Waals surface area contributed by atoms with Gasteiger partial charge < -0.3 is 15.5 Å². The standard InChI is InChI=1S/C6H9N3O/c7-5(3-10)1-6-2-8-4-9-6/h2-5H,1,7H2,(H,8,9)/t5-/m0/s1/i/hD. The average Bonchev–Trinajstić information content (AvgIpc) is 2.52. The van der Waals surface area contributed by atoms with Gasteiger partial charge in [-0.25, -0.2) is 4.98 Å². The lowest BCUT2D eigenvalue weighted by Gasteiger charge is -1.98. The van der Waals surface area contributed by atoms with Crippen LogP contribution in [0.2, 0.25) is 1.41 Å². The SMILES string of the molecule is [2H]N[C@H](C=O)Cc1cnc[nH]1. The van der Waals surface area contributed by atoms with Crippen molar-refractivity contribution in [3.8, 4) is 0 Å². The summed E-state index contributed by atoms with van der Waals surface area (Å²) in [6.45, 7) is 0. The second-order valence-corrected chi connectivity index (χ2v) is 2.02. The van der Waals surface area contributed by atoms with Gasteiger partial charge in [0.1, 0.15) is 7.70 Å². The van der Waals surface area contributed by atoms with E-state index in [9.17, 15) is 4.79 Å². The Hall–Kier alpha value is -1.16. The summed E-state index contributed by atoms with van der Waals surface area (Å²) in [5.74, 6) is 0. The number of carbonyl (C=O) groups excluding carboxylic acids is 1. The van der Waals surface area contributed by atoms with Crippen LogP contribution in [0.1, 0.15) is 5.69 Å². The molecule has 1 aromatic heterocycles. The minimum atomic E-state index is -0.449. The third-order valence-electron chi connectivity index (χ3n) is 1.16. The van der Waals surface area contributed by atoms with Gasteiger partial charge in [0.2, 0.25) is 0 Å². The Kier molecular flexibility index (Phi) is 1.75. The number of hydrogen-bond donors (Lipinski definition) is 2. The summed E-state index contributed by atoms with van der Waals surface area (Å²) in [4.78, 5) is 16.9. The molecule has 0 radical (unpaired) electrons.